The van der Waals surface area contributed by atoms with E-state index in [0.29, 0.717) is 49.4 Å². The standard InChI is InChI=1S/C22H36Cl2FN5O2/c23-15-4-1-13(2-5-15)19-12-20(30-29-19)27-22(26-16-7-9-32-10-8-16)28-21(31)14-3-6-17(24)18(25)11-14/h13-20,29-30H,1-12H2,(H2,26,27,28,31). The highest BCUT2D eigenvalue weighted by Crippen LogP contribution is 2.32. The summed E-state index contributed by atoms with van der Waals surface area (Å²) in [6, 6.07) is 0.540. The van der Waals surface area contributed by atoms with E-state index in [0.717, 1.165) is 44.9 Å². The first kappa shape index (κ1) is 24.5. The van der Waals surface area contributed by atoms with Gasteiger partial charge in [0.1, 0.15) is 12.3 Å². The van der Waals surface area contributed by atoms with Crippen molar-refractivity contribution in [2.75, 3.05) is 13.2 Å². The maximum atomic E-state index is 14.1. The van der Waals surface area contributed by atoms with Crippen LogP contribution in [-0.2, 0) is 9.53 Å². The highest BCUT2D eigenvalue weighted by molar-refractivity contribution is 6.21. The smallest absolute Gasteiger partial charge is 0.229 e. The van der Waals surface area contributed by atoms with Crippen molar-refractivity contribution in [2.24, 2.45) is 16.8 Å². The highest BCUT2D eigenvalue weighted by atomic mass is 35.5. The normalized spacial score (nSPS) is 39.6. The summed E-state index contributed by atoms with van der Waals surface area (Å²) >= 11 is 12.3. The second-order valence-corrected chi connectivity index (χ2v) is 10.9. The van der Waals surface area contributed by atoms with Crippen LogP contribution in [0.25, 0.3) is 0 Å². The van der Waals surface area contributed by atoms with E-state index in [1.807, 2.05) is 0 Å². The fourth-order valence-electron chi connectivity index (χ4n) is 5.27. The van der Waals surface area contributed by atoms with E-state index >= 15 is 0 Å². The number of hydrazine groups is 1. The summed E-state index contributed by atoms with van der Waals surface area (Å²) in [5.74, 6) is 0.494. The summed E-state index contributed by atoms with van der Waals surface area (Å²) < 4.78 is 19.5. The lowest BCUT2D eigenvalue weighted by atomic mass is 9.83. The van der Waals surface area contributed by atoms with E-state index in [1.165, 1.54) is 0 Å². The number of ether oxygens (including phenoxy) is 1. The summed E-state index contributed by atoms with van der Waals surface area (Å²) in [4.78, 5) is 17.7. The van der Waals surface area contributed by atoms with Crippen molar-refractivity contribution in [3.63, 3.8) is 0 Å². The number of hydrogen-bond donors (Lipinski definition) is 4. The Hall–Kier alpha value is -0.670. The van der Waals surface area contributed by atoms with Gasteiger partial charge < -0.3 is 10.1 Å². The van der Waals surface area contributed by atoms with Gasteiger partial charge in [-0.3, -0.25) is 15.5 Å². The van der Waals surface area contributed by atoms with Gasteiger partial charge in [-0.2, -0.15) is 0 Å². The fraction of sp³-hybridized carbons (Fsp3) is 0.909. The molecule has 2 saturated carbocycles. The van der Waals surface area contributed by atoms with Crippen LogP contribution >= 0.6 is 23.2 Å². The zero-order valence-electron chi connectivity index (χ0n) is 18.5. The molecule has 0 aromatic heterocycles. The third-order valence-electron chi connectivity index (χ3n) is 7.34. The lowest BCUT2D eigenvalue weighted by Crippen LogP contribution is -2.50. The van der Waals surface area contributed by atoms with Crippen molar-refractivity contribution >= 4 is 35.1 Å². The third-order valence-corrected chi connectivity index (χ3v) is 8.26. The number of amides is 1. The first-order valence-electron chi connectivity index (χ1n) is 12.1. The number of alkyl halides is 3. The molecule has 0 radical (unpaired) electrons. The molecule has 7 nitrogen and oxygen atoms in total. The topological polar surface area (TPSA) is 86.8 Å². The van der Waals surface area contributed by atoms with Gasteiger partial charge in [0.25, 0.3) is 0 Å². The molecule has 1 amide bonds. The summed E-state index contributed by atoms with van der Waals surface area (Å²) in [6.07, 6.45) is 6.95. The van der Waals surface area contributed by atoms with Crippen molar-refractivity contribution < 1.29 is 13.9 Å². The second-order valence-electron chi connectivity index (χ2n) is 9.70. The molecular formula is C22H36Cl2FN5O2. The number of carbonyl (C=O) groups excluding carboxylic acids is 1. The van der Waals surface area contributed by atoms with Gasteiger partial charge in [0, 0.05) is 43.0 Å². The Labute approximate surface area is 199 Å². The van der Waals surface area contributed by atoms with Gasteiger partial charge in [0.2, 0.25) is 5.91 Å². The molecule has 2 heterocycles. The minimum Gasteiger partial charge on any atom is -0.381 e. The van der Waals surface area contributed by atoms with Gasteiger partial charge in [0.05, 0.1) is 5.38 Å². The van der Waals surface area contributed by atoms with Crippen LogP contribution in [0.1, 0.15) is 64.2 Å². The molecule has 10 heteroatoms. The van der Waals surface area contributed by atoms with Gasteiger partial charge in [-0.15, -0.1) is 23.2 Å². The molecule has 0 spiro atoms. The maximum absolute atomic E-state index is 14.1. The van der Waals surface area contributed by atoms with Crippen molar-refractivity contribution in [3.8, 4) is 0 Å². The molecule has 4 rings (SSSR count). The molecule has 0 aromatic carbocycles. The molecule has 4 N–H and O–H groups in total. The Balaban J connectivity index is 1.37. The molecule has 0 aromatic rings. The number of nitrogens with zero attached hydrogens (tertiary/aromatic N) is 1. The van der Waals surface area contributed by atoms with Crippen LogP contribution in [0.4, 0.5) is 4.39 Å². The summed E-state index contributed by atoms with van der Waals surface area (Å²) in [5, 5.41) is 6.18. The number of nitrogens with one attached hydrogen (secondary N) is 4. The van der Waals surface area contributed by atoms with Crippen LogP contribution in [0.2, 0.25) is 0 Å². The Morgan fingerprint density at radius 3 is 2.44 bits per heavy atom. The van der Waals surface area contributed by atoms with Crippen LogP contribution in [0.3, 0.4) is 0 Å². The SMILES string of the molecule is O=C(N/C(=N\C1CC(C2CCC(Cl)CC2)NN1)NC1CCOCC1)C1CCC(Cl)C(F)C1. The van der Waals surface area contributed by atoms with Crippen molar-refractivity contribution in [2.45, 2.75) is 99.4 Å². The molecular weight excluding hydrogens is 456 g/mol. The quantitative estimate of drug-likeness (QED) is 0.276. The molecule has 2 aliphatic heterocycles. The minimum absolute atomic E-state index is 0.135. The number of aliphatic imine (C=N–C) groups is 1. The molecule has 2 saturated heterocycles. The zero-order chi connectivity index (χ0) is 22.5. The Bertz CT molecular complexity index is 658. The molecule has 32 heavy (non-hydrogen) atoms. The van der Waals surface area contributed by atoms with Crippen LogP contribution in [0.15, 0.2) is 4.99 Å². The van der Waals surface area contributed by atoms with Crippen molar-refractivity contribution in [3.05, 3.63) is 0 Å². The van der Waals surface area contributed by atoms with E-state index < -0.39 is 11.5 Å². The number of guanidine groups is 1. The van der Waals surface area contributed by atoms with E-state index in [2.05, 4.69) is 21.5 Å². The Kier molecular flexibility index (Phi) is 8.90. The van der Waals surface area contributed by atoms with Crippen molar-refractivity contribution in [1.29, 1.82) is 0 Å². The van der Waals surface area contributed by atoms with E-state index in [9.17, 15) is 9.18 Å². The fourth-order valence-corrected chi connectivity index (χ4v) is 5.75. The predicted octanol–water partition coefficient (Wildman–Crippen LogP) is 2.96. The summed E-state index contributed by atoms with van der Waals surface area (Å²) in [7, 11) is 0. The monoisotopic (exact) mass is 491 g/mol. The Morgan fingerprint density at radius 2 is 1.72 bits per heavy atom. The van der Waals surface area contributed by atoms with Crippen LogP contribution in [0.5, 0.6) is 0 Å². The number of rotatable bonds is 4. The molecule has 4 aliphatic rings. The van der Waals surface area contributed by atoms with Gasteiger partial charge in [0.15, 0.2) is 5.96 Å². The highest BCUT2D eigenvalue weighted by Gasteiger charge is 2.35. The van der Waals surface area contributed by atoms with Gasteiger partial charge >= 0.3 is 0 Å². The van der Waals surface area contributed by atoms with Gasteiger partial charge in [-0.05, 0) is 63.7 Å². The lowest BCUT2D eigenvalue weighted by molar-refractivity contribution is -0.125. The van der Waals surface area contributed by atoms with E-state index in [1.54, 1.807) is 0 Å². The molecule has 5 unspecified atom stereocenters. The third kappa shape index (κ3) is 6.69. The molecule has 4 fully saturated rings. The first-order chi connectivity index (χ1) is 15.5. The number of halogens is 3. The molecule has 182 valence electrons. The summed E-state index contributed by atoms with van der Waals surface area (Å²) in [5.41, 5.74) is 6.69. The molecule has 5 atom stereocenters. The van der Waals surface area contributed by atoms with E-state index in [4.69, 9.17) is 32.9 Å². The van der Waals surface area contributed by atoms with E-state index in [-0.39, 0.29) is 30.5 Å². The van der Waals surface area contributed by atoms with Gasteiger partial charge in [-0.1, -0.05) is 0 Å². The predicted molar refractivity (Wildman–Crippen MR) is 124 cm³/mol. The average Bonchev–Trinajstić information content (AvgIpc) is 3.25. The minimum atomic E-state index is -1.14. The number of hydrogen-bond acceptors (Lipinski definition) is 5. The average molecular weight is 492 g/mol. The maximum Gasteiger partial charge on any atom is 0.229 e. The zero-order valence-corrected chi connectivity index (χ0v) is 20.0. The van der Waals surface area contributed by atoms with Crippen LogP contribution in [-0.4, -0.2) is 60.3 Å². The van der Waals surface area contributed by atoms with Crippen molar-refractivity contribution in [1.82, 2.24) is 21.5 Å². The second kappa shape index (κ2) is 11.6. The Morgan fingerprint density at radius 1 is 0.969 bits per heavy atom. The van der Waals surface area contributed by atoms with Crippen LogP contribution < -0.4 is 21.5 Å². The lowest BCUT2D eigenvalue weighted by Gasteiger charge is -2.29. The number of carbonyl (C=O) groups is 1. The molecule has 0 bridgehead atoms. The molecule has 2 aliphatic carbocycles. The first-order valence-corrected chi connectivity index (χ1v) is 13.0. The van der Waals surface area contributed by atoms with Crippen LogP contribution in [0, 0.1) is 11.8 Å². The largest absolute Gasteiger partial charge is 0.381 e. The van der Waals surface area contributed by atoms with Gasteiger partial charge in [-0.25, -0.2) is 14.8 Å². The summed E-state index contributed by atoms with van der Waals surface area (Å²) in [6.45, 7) is 1.38.